The molecule has 36 valence electrons. The maximum atomic E-state index is 4.81. The molecule has 4 heteroatoms. The third-order valence-electron chi connectivity index (χ3n) is 0. The molecule has 0 aromatic rings. The molecule has 0 bridgehead atoms. The molecular weight excluding hydrogens is 225 g/mol. The van der Waals surface area contributed by atoms with Gasteiger partial charge in [-0.25, -0.2) is 0 Å². The average molecular weight is 226 g/mol. The molecule has 0 rings (SSSR count). The van der Waals surface area contributed by atoms with E-state index in [1.807, 2.05) is 0 Å². The Morgan fingerprint density at radius 2 is 1.00 bits per heavy atom. The predicted molar refractivity (Wildman–Crippen MR) is 21.3 cm³/mol. The third kappa shape index (κ3) is 29.4. The van der Waals surface area contributed by atoms with E-state index in [0.29, 0.717) is 0 Å². The topological polar surface area (TPSA) is 0 Å². The summed E-state index contributed by atoms with van der Waals surface area (Å²) in [6, 6.07) is 0. The zero-order valence-electron chi connectivity index (χ0n) is 2.03. The first-order valence-electron chi connectivity index (χ1n) is 0.655. The van der Waals surface area contributed by atoms with Crippen LogP contribution < -0.4 is 0 Å². The van der Waals surface area contributed by atoms with Gasteiger partial charge in [0, 0.05) is 20.4 Å². The van der Waals surface area contributed by atoms with E-state index in [-0.39, 0.29) is 20.4 Å². The molecule has 0 fully saturated rings. The molecule has 0 atom stereocenters. The van der Waals surface area contributed by atoms with Gasteiger partial charge >= 0.3 is 0 Å². The van der Waals surface area contributed by atoms with Gasteiger partial charge in [-0.1, -0.05) is 34.8 Å². The van der Waals surface area contributed by atoms with Crippen LogP contribution in [0.2, 0.25) is 0 Å². The molecule has 0 aromatic heterocycles. The summed E-state index contributed by atoms with van der Waals surface area (Å²) >= 11 is 14.4. The van der Waals surface area contributed by atoms with E-state index < -0.39 is 4.30 Å². The van der Waals surface area contributed by atoms with Crippen molar-refractivity contribution in [3.8, 4) is 0 Å². The third-order valence-corrected chi connectivity index (χ3v) is 0. The fourth-order valence-corrected chi connectivity index (χ4v) is 0. The van der Waals surface area contributed by atoms with Crippen LogP contribution in [0.25, 0.3) is 0 Å². The van der Waals surface area contributed by atoms with Crippen molar-refractivity contribution in [3.05, 3.63) is 0 Å². The molecule has 0 aromatic carbocycles. The van der Waals surface area contributed by atoms with Crippen LogP contribution in [0.1, 0.15) is 0 Å². The van der Waals surface area contributed by atoms with Crippen molar-refractivity contribution in [3.63, 3.8) is 0 Å². The quantitative estimate of drug-likeness (QED) is 0.437. The molecule has 0 aliphatic rings. The Hall–Kier alpha value is 1.53. The van der Waals surface area contributed by atoms with E-state index in [4.69, 9.17) is 34.8 Å². The van der Waals surface area contributed by atoms with Gasteiger partial charge < -0.3 is 0 Å². The van der Waals surface area contributed by atoms with E-state index in [0.717, 1.165) is 0 Å². The summed E-state index contributed by atoms with van der Waals surface area (Å²) in [5, 5.41) is 0. The predicted octanol–water partition coefficient (Wildman–Crippen LogP) is 1.98. The zero-order chi connectivity index (χ0) is 3.58. The Morgan fingerprint density at radius 1 is 1.00 bits per heavy atom. The number of alkyl halides is 3. The van der Waals surface area contributed by atoms with Gasteiger partial charge in [0.2, 0.25) is 0 Å². The van der Waals surface area contributed by atoms with Crippen molar-refractivity contribution < 1.29 is 20.4 Å². The summed E-state index contributed by atoms with van der Waals surface area (Å²) in [6.45, 7) is 0. The van der Waals surface area contributed by atoms with Crippen molar-refractivity contribution in [1.29, 1.82) is 0 Å². The van der Waals surface area contributed by atoms with Crippen molar-refractivity contribution in [1.82, 2.24) is 0 Å². The first-order valence-corrected chi connectivity index (χ1v) is 1.96. The van der Waals surface area contributed by atoms with Crippen LogP contribution >= 0.6 is 34.8 Å². The van der Waals surface area contributed by atoms with E-state index in [2.05, 4.69) is 0 Å². The summed E-state index contributed by atoms with van der Waals surface area (Å²) in [4.78, 5) is 0. The molecule has 0 saturated carbocycles. The maximum Gasteiger partial charge on any atom is 0.180 e. The molecule has 0 radical (unpaired) electrons. The Kier molecular flexibility index (Phi) is 10.8. The molecule has 0 saturated heterocycles. The van der Waals surface area contributed by atoms with Crippen LogP contribution in [0.3, 0.4) is 0 Å². The minimum atomic E-state index is -0.750. The molecule has 0 amide bonds. The average Bonchev–Trinajstić information content (AvgIpc) is 0.811. The Bertz CT molecular complexity index is 11.6. The summed E-state index contributed by atoms with van der Waals surface area (Å²) in [6.07, 6.45) is 0. The van der Waals surface area contributed by atoms with Crippen LogP contribution in [-0.2, 0) is 20.4 Å². The van der Waals surface area contributed by atoms with Crippen molar-refractivity contribution in [2.75, 3.05) is 0 Å². The van der Waals surface area contributed by atoms with E-state index in [1.54, 1.807) is 0 Å². The minimum Gasteiger partial charge on any atom is -0.0874 e. The van der Waals surface area contributed by atoms with Crippen LogP contribution in [0.15, 0.2) is 0 Å². The fourth-order valence-electron chi connectivity index (χ4n) is 0. The molecule has 0 aliphatic heterocycles. The number of hydrogen-bond donors (Lipinski definition) is 0. The van der Waals surface area contributed by atoms with Gasteiger partial charge in [0.1, 0.15) is 0 Å². The zero-order valence-corrected chi connectivity index (χ0v) is 5.85. The number of hydrogen-bond acceptors (Lipinski definition) is 0. The van der Waals surface area contributed by atoms with Crippen LogP contribution in [-0.4, -0.2) is 4.30 Å². The molecule has 0 aliphatic carbocycles. The molecule has 0 unspecified atom stereocenters. The second-order valence-electron chi connectivity index (χ2n) is 0.247. The van der Waals surface area contributed by atoms with E-state index in [9.17, 15) is 0 Å². The van der Waals surface area contributed by atoms with Gasteiger partial charge in [-0.2, -0.15) is 0 Å². The standard InChI is InChI=1S/CHCl3.Pd/c2-1(3)4;/h1H;. The summed E-state index contributed by atoms with van der Waals surface area (Å²) < 4.78 is -0.750. The van der Waals surface area contributed by atoms with Crippen molar-refractivity contribution in [2.45, 2.75) is 4.30 Å². The summed E-state index contributed by atoms with van der Waals surface area (Å²) in [7, 11) is 0. The van der Waals surface area contributed by atoms with Gasteiger partial charge in [-0.15, -0.1) is 0 Å². The fraction of sp³-hybridized carbons (Fsp3) is 1.00. The van der Waals surface area contributed by atoms with E-state index in [1.165, 1.54) is 0 Å². The smallest absolute Gasteiger partial charge is 0.0874 e. The second-order valence-corrected chi connectivity index (χ2v) is 2.23. The Balaban J connectivity index is 0. The van der Waals surface area contributed by atoms with Gasteiger partial charge in [0.25, 0.3) is 0 Å². The number of rotatable bonds is 0. The maximum absolute atomic E-state index is 4.81. The molecule has 0 heterocycles. The SMILES string of the molecule is ClC(Cl)Cl.[Pd]. The first-order chi connectivity index (χ1) is 1.73. The van der Waals surface area contributed by atoms with Crippen molar-refractivity contribution in [2.24, 2.45) is 0 Å². The van der Waals surface area contributed by atoms with Gasteiger partial charge in [-0.05, 0) is 0 Å². The molecule has 0 spiro atoms. The largest absolute Gasteiger partial charge is 0.180 e. The summed E-state index contributed by atoms with van der Waals surface area (Å²) in [5.41, 5.74) is 0. The molecular formula is CHCl3Pd. The number of halogens is 3. The normalized spacial score (nSPS) is 7.20. The molecule has 5 heavy (non-hydrogen) atoms. The minimum absolute atomic E-state index is 0. The van der Waals surface area contributed by atoms with Crippen molar-refractivity contribution >= 4 is 34.8 Å². The Morgan fingerprint density at radius 3 is 1.00 bits per heavy atom. The van der Waals surface area contributed by atoms with Crippen LogP contribution in [0.4, 0.5) is 0 Å². The van der Waals surface area contributed by atoms with E-state index >= 15 is 0 Å². The van der Waals surface area contributed by atoms with Gasteiger partial charge in [-0.3, -0.25) is 0 Å². The van der Waals surface area contributed by atoms with Crippen LogP contribution in [0, 0.1) is 0 Å². The monoisotopic (exact) mass is 224 g/mol. The summed E-state index contributed by atoms with van der Waals surface area (Å²) in [5.74, 6) is 0. The Labute approximate surface area is 59.4 Å². The van der Waals surface area contributed by atoms with Gasteiger partial charge in [0.15, 0.2) is 4.30 Å². The van der Waals surface area contributed by atoms with Gasteiger partial charge in [0.05, 0.1) is 0 Å². The molecule has 0 nitrogen and oxygen atoms in total. The molecule has 0 N–H and O–H groups in total. The van der Waals surface area contributed by atoms with Crippen LogP contribution in [0.5, 0.6) is 0 Å². The first kappa shape index (κ1) is 9.73. The second kappa shape index (κ2) is 5.53.